The summed E-state index contributed by atoms with van der Waals surface area (Å²) >= 11 is 7.33. The van der Waals surface area contributed by atoms with Crippen LogP contribution in [0.3, 0.4) is 0 Å². The third kappa shape index (κ3) is 3.68. The van der Waals surface area contributed by atoms with Crippen molar-refractivity contribution in [3.05, 3.63) is 40.7 Å². The second-order valence-corrected chi connectivity index (χ2v) is 5.31. The third-order valence-electron chi connectivity index (χ3n) is 2.13. The number of halogens is 1. The topological polar surface area (TPSA) is 37.8 Å². The van der Waals surface area contributed by atoms with Gasteiger partial charge in [-0.25, -0.2) is 4.98 Å². The van der Waals surface area contributed by atoms with Gasteiger partial charge in [-0.05, 0) is 31.5 Å². The molecule has 0 unspecified atom stereocenters. The Morgan fingerprint density at radius 3 is 2.94 bits per heavy atom. The van der Waals surface area contributed by atoms with Crippen LogP contribution in [0.2, 0.25) is 5.02 Å². The van der Waals surface area contributed by atoms with E-state index in [4.69, 9.17) is 11.6 Å². The first kappa shape index (κ1) is 12.3. The summed E-state index contributed by atoms with van der Waals surface area (Å²) in [5.74, 6) is 0.834. The summed E-state index contributed by atoms with van der Waals surface area (Å²) in [6, 6.07) is 8.16. The number of hydrogen-bond donors (Lipinski definition) is 1. The molecule has 0 aliphatic rings. The summed E-state index contributed by atoms with van der Waals surface area (Å²) in [7, 11) is 0. The minimum absolute atomic E-state index is 0.377. The number of nitrogens with zero attached hydrogens (tertiary/aromatic N) is 2. The average Bonchev–Trinajstić information content (AvgIpc) is 2.64. The zero-order chi connectivity index (χ0) is 12.3. The zero-order valence-corrected chi connectivity index (χ0v) is 11.3. The molecule has 2 rings (SSSR count). The molecule has 17 heavy (non-hydrogen) atoms. The fourth-order valence-electron chi connectivity index (χ4n) is 1.46. The normalized spacial score (nSPS) is 10.8. The van der Waals surface area contributed by atoms with Crippen molar-refractivity contribution in [3.63, 3.8) is 0 Å². The molecule has 1 aromatic heterocycles. The monoisotopic (exact) mass is 267 g/mol. The summed E-state index contributed by atoms with van der Waals surface area (Å²) < 4.78 is 4.32. The Morgan fingerprint density at radius 2 is 2.24 bits per heavy atom. The molecule has 5 heteroatoms. The van der Waals surface area contributed by atoms with Gasteiger partial charge in [-0.2, -0.15) is 4.37 Å². The van der Waals surface area contributed by atoms with E-state index in [9.17, 15) is 0 Å². The van der Waals surface area contributed by atoms with Gasteiger partial charge in [0.05, 0.1) is 0 Å². The van der Waals surface area contributed by atoms with Gasteiger partial charge in [0.1, 0.15) is 5.82 Å². The summed E-state index contributed by atoms with van der Waals surface area (Å²) in [5, 5.41) is 4.86. The van der Waals surface area contributed by atoms with Crippen molar-refractivity contribution in [2.45, 2.75) is 26.3 Å². The van der Waals surface area contributed by atoms with Crippen LogP contribution in [-0.2, 0) is 6.42 Å². The van der Waals surface area contributed by atoms with Crippen molar-refractivity contribution in [1.29, 1.82) is 0 Å². The van der Waals surface area contributed by atoms with Crippen LogP contribution in [0.1, 0.15) is 25.2 Å². The van der Waals surface area contributed by atoms with Crippen LogP contribution < -0.4 is 5.32 Å². The van der Waals surface area contributed by atoms with Crippen molar-refractivity contribution < 1.29 is 0 Å². The summed E-state index contributed by atoms with van der Waals surface area (Å²) in [4.78, 5) is 4.43. The van der Waals surface area contributed by atoms with Crippen LogP contribution in [0, 0.1) is 0 Å². The van der Waals surface area contributed by atoms with Gasteiger partial charge in [-0.1, -0.05) is 23.7 Å². The molecular formula is C12H14ClN3S. The van der Waals surface area contributed by atoms with E-state index in [-0.39, 0.29) is 0 Å². The highest BCUT2D eigenvalue weighted by Crippen LogP contribution is 2.17. The van der Waals surface area contributed by atoms with Gasteiger partial charge >= 0.3 is 0 Å². The Hall–Kier alpha value is -1.13. The molecule has 90 valence electrons. The molecule has 0 aliphatic carbocycles. The first-order valence-corrected chi connectivity index (χ1v) is 6.62. The van der Waals surface area contributed by atoms with Crippen LogP contribution in [0.15, 0.2) is 24.3 Å². The van der Waals surface area contributed by atoms with Crippen molar-refractivity contribution in [2.75, 3.05) is 5.32 Å². The average molecular weight is 268 g/mol. The molecule has 0 radical (unpaired) electrons. The van der Waals surface area contributed by atoms with E-state index in [0.29, 0.717) is 6.04 Å². The Labute approximate surface area is 110 Å². The highest BCUT2D eigenvalue weighted by Gasteiger charge is 2.06. The number of benzene rings is 1. The molecule has 0 bridgehead atoms. The van der Waals surface area contributed by atoms with Crippen LogP contribution in [0.5, 0.6) is 0 Å². The van der Waals surface area contributed by atoms with E-state index < -0.39 is 0 Å². The van der Waals surface area contributed by atoms with Gasteiger partial charge in [0.25, 0.3) is 0 Å². The molecular weight excluding hydrogens is 254 g/mol. The van der Waals surface area contributed by atoms with Gasteiger partial charge < -0.3 is 5.32 Å². The number of anilines is 1. The molecule has 0 aliphatic heterocycles. The summed E-state index contributed by atoms with van der Waals surface area (Å²) in [5.41, 5.74) is 1.13. The van der Waals surface area contributed by atoms with E-state index in [1.165, 1.54) is 11.5 Å². The van der Waals surface area contributed by atoms with E-state index in [0.717, 1.165) is 28.0 Å². The van der Waals surface area contributed by atoms with Crippen molar-refractivity contribution in [2.24, 2.45) is 0 Å². The maximum absolute atomic E-state index is 5.93. The van der Waals surface area contributed by atoms with Crippen molar-refractivity contribution >= 4 is 28.3 Å². The minimum atomic E-state index is 0.377. The lowest BCUT2D eigenvalue weighted by molar-refractivity contribution is 0.892. The van der Waals surface area contributed by atoms with Crippen LogP contribution in [0.25, 0.3) is 0 Å². The molecule has 0 saturated carbocycles. The fraction of sp³-hybridized carbons (Fsp3) is 0.333. The molecule has 2 aromatic rings. The van der Waals surface area contributed by atoms with E-state index in [1.807, 2.05) is 24.3 Å². The second-order valence-electron chi connectivity index (χ2n) is 4.12. The number of rotatable bonds is 4. The lowest BCUT2D eigenvalue weighted by Gasteiger charge is -2.03. The van der Waals surface area contributed by atoms with E-state index >= 15 is 0 Å². The van der Waals surface area contributed by atoms with Crippen LogP contribution in [0.4, 0.5) is 5.13 Å². The number of nitrogens with one attached hydrogen (secondary N) is 1. The quantitative estimate of drug-likeness (QED) is 0.920. The van der Waals surface area contributed by atoms with Crippen molar-refractivity contribution in [3.8, 4) is 0 Å². The van der Waals surface area contributed by atoms with Gasteiger partial charge in [0.2, 0.25) is 5.13 Å². The second kappa shape index (κ2) is 5.47. The molecule has 0 spiro atoms. The Balaban J connectivity index is 2.06. The number of hydrogen-bond acceptors (Lipinski definition) is 4. The van der Waals surface area contributed by atoms with E-state index in [1.54, 1.807) is 0 Å². The van der Waals surface area contributed by atoms with E-state index in [2.05, 4.69) is 28.5 Å². The molecule has 3 nitrogen and oxygen atoms in total. The molecule has 0 amide bonds. The maximum atomic E-state index is 5.93. The number of aromatic nitrogens is 2. The Bertz CT molecular complexity index is 496. The molecule has 0 fully saturated rings. The highest BCUT2D eigenvalue weighted by atomic mass is 35.5. The Morgan fingerprint density at radius 1 is 1.41 bits per heavy atom. The fourth-order valence-corrected chi connectivity index (χ4v) is 2.41. The lowest BCUT2D eigenvalue weighted by Crippen LogP contribution is -2.09. The predicted molar refractivity (Wildman–Crippen MR) is 72.9 cm³/mol. The SMILES string of the molecule is CC(C)Nc1nc(Cc2cccc(Cl)c2)ns1. The molecule has 1 N–H and O–H groups in total. The van der Waals surface area contributed by atoms with Crippen LogP contribution in [-0.4, -0.2) is 15.4 Å². The third-order valence-corrected chi connectivity index (χ3v) is 3.05. The first-order valence-electron chi connectivity index (χ1n) is 5.47. The predicted octanol–water partition coefficient (Wildman–Crippen LogP) is 3.60. The first-order chi connectivity index (χ1) is 8.13. The van der Waals surface area contributed by atoms with Crippen molar-refractivity contribution in [1.82, 2.24) is 9.36 Å². The largest absolute Gasteiger partial charge is 0.358 e. The Kier molecular flexibility index (Phi) is 3.97. The summed E-state index contributed by atoms with van der Waals surface area (Å²) in [6.45, 7) is 4.16. The van der Waals surface area contributed by atoms with Gasteiger partial charge in [-0.3, -0.25) is 0 Å². The smallest absolute Gasteiger partial charge is 0.202 e. The standard InChI is InChI=1S/C12H14ClN3S/c1-8(2)14-12-15-11(16-17-12)7-9-4-3-5-10(13)6-9/h3-6,8H,7H2,1-2H3,(H,14,15,16). The molecule has 1 aromatic carbocycles. The molecule has 0 saturated heterocycles. The maximum Gasteiger partial charge on any atom is 0.202 e. The molecule has 0 atom stereocenters. The van der Waals surface area contributed by atoms with Gasteiger partial charge in [0.15, 0.2) is 0 Å². The van der Waals surface area contributed by atoms with Gasteiger partial charge in [0, 0.05) is 29.0 Å². The lowest BCUT2D eigenvalue weighted by atomic mass is 10.1. The summed E-state index contributed by atoms with van der Waals surface area (Å²) in [6.07, 6.45) is 0.719. The van der Waals surface area contributed by atoms with Gasteiger partial charge in [-0.15, -0.1) is 0 Å². The molecule has 1 heterocycles. The minimum Gasteiger partial charge on any atom is -0.358 e. The zero-order valence-electron chi connectivity index (χ0n) is 9.77. The van der Waals surface area contributed by atoms with Crippen LogP contribution >= 0.6 is 23.1 Å². The highest BCUT2D eigenvalue weighted by molar-refractivity contribution is 7.09.